The Morgan fingerprint density at radius 1 is 1.04 bits per heavy atom. The van der Waals surface area contributed by atoms with Gasteiger partial charge in [0.15, 0.2) is 11.6 Å². The molecule has 9 nitrogen and oxygen atoms in total. The number of nitrogens with zero attached hydrogens (tertiary/aromatic N) is 4. The number of hydrogen-bond acceptors (Lipinski definition) is 7. The first-order valence-corrected chi connectivity index (χ1v) is 18.5. The van der Waals surface area contributed by atoms with Crippen molar-refractivity contribution in [1.82, 2.24) is 19.4 Å². The fourth-order valence-corrected chi connectivity index (χ4v) is 8.30. The first-order valence-electron chi connectivity index (χ1n) is 18.1. The normalized spacial score (nSPS) is 18.5. The Morgan fingerprint density at radius 2 is 1.77 bits per heavy atom. The minimum absolute atomic E-state index is 0.0359. The SMILES string of the molecule is C/C=C(/C(=O)O)c1nc(C)cc(-c2cc(Cl)ccc2OCCn2c(C)nc3c(c2=O)CC(N2CCC(Oc4ccc(F)cc4F)CC2)CC32CC2)c1C. The summed E-state index contributed by atoms with van der Waals surface area (Å²) in [6.07, 6.45) is 6.38. The summed E-state index contributed by atoms with van der Waals surface area (Å²) in [5.41, 5.74) is 4.90. The van der Waals surface area contributed by atoms with Crippen molar-refractivity contribution < 1.29 is 28.2 Å². The standard InChI is InChI=1S/C41H43ClF2N4O5/c1-5-30(40(50)51)37-24(3)31(18-23(2)45-37)32-19-26(42)6-8-35(32)52-17-16-48-25(4)46-38-33(39(48)49)21-28(22-41(38)12-13-41)47-14-10-29(11-15-47)53-36-9-7-27(43)20-34(36)44/h5-9,18-20,28-29H,10-17,21-22H2,1-4H3,(H,50,51)/b30-5+. The maximum absolute atomic E-state index is 14.2. The number of likely N-dealkylation sites (tertiary alicyclic amines) is 1. The van der Waals surface area contributed by atoms with Crippen molar-refractivity contribution in [1.29, 1.82) is 0 Å². The van der Waals surface area contributed by atoms with Gasteiger partial charge < -0.3 is 14.6 Å². The van der Waals surface area contributed by atoms with Crippen molar-refractivity contribution in [3.05, 3.63) is 110 Å². The third kappa shape index (κ3) is 7.33. The summed E-state index contributed by atoms with van der Waals surface area (Å²) in [5, 5.41) is 10.3. The Kier molecular flexibility index (Phi) is 10.2. The van der Waals surface area contributed by atoms with Gasteiger partial charge in [-0.1, -0.05) is 17.7 Å². The van der Waals surface area contributed by atoms with E-state index in [0.29, 0.717) is 58.4 Å². The van der Waals surface area contributed by atoms with Crippen LogP contribution >= 0.6 is 11.6 Å². The van der Waals surface area contributed by atoms with Gasteiger partial charge in [0.1, 0.15) is 30.1 Å². The Morgan fingerprint density at radius 3 is 2.45 bits per heavy atom. The molecule has 2 aliphatic carbocycles. The topological polar surface area (TPSA) is 107 Å². The van der Waals surface area contributed by atoms with E-state index in [1.807, 2.05) is 26.8 Å². The van der Waals surface area contributed by atoms with Crippen molar-refractivity contribution in [2.45, 2.75) is 90.3 Å². The number of carboxylic acid groups (broad SMARTS) is 1. The highest BCUT2D eigenvalue weighted by molar-refractivity contribution is 6.31. The number of hydrogen-bond donors (Lipinski definition) is 1. The van der Waals surface area contributed by atoms with Gasteiger partial charge in [-0.25, -0.2) is 18.6 Å². The molecule has 0 amide bonds. The zero-order chi connectivity index (χ0) is 37.6. The summed E-state index contributed by atoms with van der Waals surface area (Å²) in [6.45, 7) is 9.20. The highest BCUT2D eigenvalue weighted by atomic mass is 35.5. The lowest BCUT2D eigenvalue weighted by atomic mass is 9.80. The molecule has 7 rings (SSSR count). The molecule has 1 atom stereocenters. The zero-order valence-corrected chi connectivity index (χ0v) is 31.1. The fraction of sp³-hybridized carbons (Fsp3) is 0.415. The number of pyridine rings is 1. The molecule has 12 heteroatoms. The molecule has 2 fully saturated rings. The summed E-state index contributed by atoms with van der Waals surface area (Å²) in [5.74, 6) is -1.11. The van der Waals surface area contributed by atoms with E-state index in [1.54, 1.807) is 29.7 Å². The minimum atomic E-state index is -1.06. The number of aryl methyl sites for hydroxylation is 2. The van der Waals surface area contributed by atoms with Crippen LogP contribution in [0.1, 0.15) is 73.1 Å². The Bertz CT molecular complexity index is 2170. The van der Waals surface area contributed by atoms with Crippen LogP contribution in [0.5, 0.6) is 11.5 Å². The van der Waals surface area contributed by atoms with Crippen molar-refractivity contribution in [2.24, 2.45) is 0 Å². The van der Waals surface area contributed by atoms with E-state index >= 15 is 0 Å². The fourth-order valence-electron chi connectivity index (χ4n) is 8.13. The Balaban J connectivity index is 1.08. The number of allylic oxidation sites excluding steroid dienone is 1. The number of benzene rings is 2. The molecular weight excluding hydrogens is 702 g/mol. The maximum atomic E-state index is 14.2. The van der Waals surface area contributed by atoms with E-state index in [-0.39, 0.29) is 47.6 Å². The second-order valence-electron chi connectivity index (χ2n) is 14.5. The van der Waals surface area contributed by atoms with Gasteiger partial charge in [0.05, 0.1) is 23.5 Å². The molecule has 2 aromatic heterocycles. The van der Waals surface area contributed by atoms with Gasteiger partial charge in [-0.3, -0.25) is 19.2 Å². The molecule has 3 heterocycles. The lowest BCUT2D eigenvalue weighted by Crippen LogP contribution is -2.50. The number of carboxylic acids is 1. The lowest BCUT2D eigenvalue weighted by molar-refractivity contribution is -0.130. The molecular formula is C41H43ClF2N4O5. The van der Waals surface area contributed by atoms with Crippen LogP contribution in [0.4, 0.5) is 8.78 Å². The van der Waals surface area contributed by atoms with E-state index in [1.165, 1.54) is 18.2 Å². The van der Waals surface area contributed by atoms with Crippen molar-refractivity contribution in [3.8, 4) is 22.6 Å². The highest BCUT2D eigenvalue weighted by Crippen LogP contribution is 2.55. The van der Waals surface area contributed by atoms with Gasteiger partial charge in [-0.15, -0.1) is 0 Å². The summed E-state index contributed by atoms with van der Waals surface area (Å²) in [4.78, 5) is 38.2. The average Bonchev–Trinajstić information content (AvgIpc) is 3.89. The highest BCUT2D eigenvalue weighted by Gasteiger charge is 2.53. The third-order valence-electron chi connectivity index (χ3n) is 11.0. The number of piperidine rings is 1. The second-order valence-corrected chi connectivity index (χ2v) is 14.9. The number of carbonyl (C=O) groups is 1. The van der Waals surface area contributed by atoms with Crippen LogP contribution in [0.2, 0.25) is 5.02 Å². The summed E-state index contributed by atoms with van der Waals surface area (Å²) in [7, 11) is 0. The molecule has 53 heavy (non-hydrogen) atoms. The Labute approximate surface area is 312 Å². The molecule has 1 saturated heterocycles. The van der Waals surface area contributed by atoms with E-state index in [2.05, 4.69) is 9.88 Å². The van der Waals surface area contributed by atoms with Crippen molar-refractivity contribution in [3.63, 3.8) is 0 Å². The van der Waals surface area contributed by atoms with Crippen LogP contribution in [0.15, 0.2) is 53.3 Å². The van der Waals surface area contributed by atoms with Gasteiger partial charge in [-0.2, -0.15) is 0 Å². The summed E-state index contributed by atoms with van der Waals surface area (Å²) < 4.78 is 41.6. The predicted molar refractivity (Wildman–Crippen MR) is 199 cm³/mol. The van der Waals surface area contributed by atoms with Gasteiger partial charge in [0, 0.05) is 52.5 Å². The maximum Gasteiger partial charge on any atom is 0.337 e. The molecule has 278 valence electrons. The number of fused-ring (bicyclic) bond motifs is 2. The van der Waals surface area contributed by atoms with E-state index < -0.39 is 17.6 Å². The van der Waals surface area contributed by atoms with Crippen molar-refractivity contribution >= 4 is 23.1 Å². The lowest BCUT2D eigenvalue weighted by Gasteiger charge is -2.41. The van der Waals surface area contributed by atoms with E-state index in [0.717, 1.165) is 55.2 Å². The van der Waals surface area contributed by atoms with Crippen LogP contribution in [0.3, 0.4) is 0 Å². The average molecular weight is 745 g/mol. The monoisotopic (exact) mass is 744 g/mol. The number of halogens is 3. The largest absolute Gasteiger partial charge is 0.491 e. The molecule has 1 aliphatic heterocycles. The molecule has 1 N–H and O–H groups in total. The number of aromatic nitrogens is 3. The van der Waals surface area contributed by atoms with Crippen LogP contribution in [0, 0.1) is 32.4 Å². The molecule has 1 spiro atoms. The van der Waals surface area contributed by atoms with Crippen LogP contribution < -0.4 is 15.0 Å². The first kappa shape index (κ1) is 36.7. The molecule has 0 bridgehead atoms. The van der Waals surface area contributed by atoms with Crippen LogP contribution in [-0.2, 0) is 23.2 Å². The minimum Gasteiger partial charge on any atom is -0.491 e. The quantitative estimate of drug-likeness (QED) is 0.166. The Hall–Kier alpha value is -4.61. The van der Waals surface area contributed by atoms with Gasteiger partial charge in [0.2, 0.25) is 0 Å². The van der Waals surface area contributed by atoms with Crippen LogP contribution in [-0.4, -0.2) is 62.4 Å². The first-order chi connectivity index (χ1) is 25.4. The van der Waals surface area contributed by atoms with Crippen molar-refractivity contribution in [2.75, 3.05) is 19.7 Å². The molecule has 3 aliphatic rings. The van der Waals surface area contributed by atoms with E-state index in [9.17, 15) is 23.5 Å². The zero-order valence-electron chi connectivity index (χ0n) is 30.3. The molecule has 2 aromatic carbocycles. The molecule has 1 saturated carbocycles. The third-order valence-corrected chi connectivity index (χ3v) is 11.3. The van der Waals surface area contributed by atoms with Crippen LogP contribution in [0.25, 0.3) is 16.7 Å². The van der Waals surface area contributed by atoms with E-state index in [4.69, 9.17) is 26.1 Å². The van der Waals surface area contributed by atoms with Gasteiger partial charge in [0.25, 0.3) is 5.56 Å². The smallest absolute Gasteiger partial charge is 0.337 e. The van der Waals surface area contributed by atoms with Gasteiger partial charge in [-0.05, 0) is 114 Å². The molecule has 0 radical (unpaired) electrons. The second kappa shape index (κ2) is 14.7. The summed E-state index contributed by atoms with van der Waals surface area (Å²) in [6, 6.07) is 10.8. The summed E-state index contributed by atoms with van der Waals surface area (Å²) >= 11 is 6.46. The predicted octanol–water partition coefficient (Wildman–Crippen LogP) is 7.62. The number of rotatable bonds is 10. The number of aliphatic carboxylic acids is 1. The molecule has 1 unspecified atom stereocenters. The molecule has 4 aromatic rings. The number of ether oxygens (including phenoxy) is 2. The van der Waals surface area contributed by atoms with Gasteiger partial charge >= 0.3 is 5.97 Å².